The SMILES string of the molecule is O=c1c(Br)c(NCCc2ccco2)cnn1CCO. The second-order valence-corrected chi connectivity index (χ2v) is 4.67. The summed E-state index contributed by atoms with van der Waals surface area (Å²) in [6, 6.07) is 3.73. The van der Waals surface area contributed by atoms with E-state index in [-0.39, 0.29) is 18.7 Å². The molecule has 2 N–H and O–H groups in total. The maximum absolute atomic E-state index is 11.9. The van der Waals surface area contributed by atoms with Crippen molar-refractivity contribution in [3.63, 3.8) is 0 Å². The number of furan rings is 1. The number of anilines is 1. The summed E-state index contributed by atoms with van der Waals surface area (Å²) in [5, 5.41) is 15.9. The Morgan fingerprint density at radius 1 is 1.53 bits per heavy atom. The number of nitrogens with one attached hydrogen (secondary N) is 1. The molecule has 0 unspecified atom stereocenters. The minimum atomic E-state index is -0.267. The van der Waals surface area contributed by atoms with Gasteiger partial charge in [-0.05, 0) is 28.1 Å². The number of aliphatic hydroxyl groups excluding tert-OH is 1. The van der Waals surface area contributed by atoms with Crippen molar-refractivity contribution in [2.45, 2.75) is 13.0 Å². The highest BCUT2D eigenvalue weighted by atomic mass is 79.9. The summed E-state index contributed by atoms with van der Waals surface area (Å²) in [5.41, 5.74) is 0.364. The van der Waals surface area contributed by atoms with Crippen LogP contribution in [0.25, 0.3) is 0 Å². The van der Waals surface area contributed by atoms with Crippen molar-refractivity contribution in [2.75, 3.05) is 18.5 Å². The van der Waals surface area contributed by atoms with Gasteiger partial charge in [-0.25, -0.2) is 4.68 Å². The van der Waals surface area contributed by atoms with Crippen molar-refractivity contribution in [2.24, 2.45) is 0 Å². The molecule has 0 atom stereocenters. The minimum absolute atomic E-state index is 0.120. The molecule has 0 saturated carbocycles. The van der Waals surface area contributed by atoms with Crippen molar-refractivity contribution in [1.82, 2.24) is 9.78 Å². The van der Waals surface area contributed by atoms with Gasteiger partial charge in [-0.15, -0.1) is 0 Å². The smallest absolute Gasteiger partial charge is 0.283 e. The Balaban J connectivity index is 2.01. The van der Waals surface area contributed by atoms with E-state index in [1.165, 1.54) is 4.68 Å². The van der Waals surface area contributed by atoms with Crippen LogP contribution in [0.2, 0.25) is 0 Å². The Morgan fingerprint density at radius 3 is 3.05 bits per heavy atom. The number of hydrogen-bond acceptors (Lipinski definition) is 5. The van der Waals surface area contributed by atoms with Crippen molar-refractivity contribution in [3.8, 4) is 0 Å². The zero-order valence-corrected chi connectivity index (χ0v) is 11.8. The van der Waals surface area contributed by atoms with Crippen LogP contribution in [-0.2, 0) is 13.0 Å². The number of aromatic nitrogens is 2. The molecule has 2 aromatic heterocycles. The monoisotopic (exact) mass is 327 g/mol. The van der Waals surface area contributed by atoms with E-state index in [0.29, 0.717) is 16.7 Å². The highest BCUT2D eigenvalue weighted by Crippen LogP contribution is 2.16. The Bertz CT molecular complexity index is 580. The molecular formula is C12H14BrN3O3. The largest absolute Gasteiger partial charge is 0.469 e. The van der Waals surface area contributed by atoms with Gasteiger partial charge in [0.2, 0.25) is 0 Å². The Kier molecular flexibility index (Phi) is 4.75. The van der Waals surface area contributed by atoms with Crippen LogP contribution in [0.15, 0.2) is 38.3 Å². The summed E-state index contributed by atoms with van der Waals surface area (Å²) in [5.74, 6) is 0.880. The van der Waals surface area contributed by atoms with Crippen LogP contribution < -0.4 is 10.9 Å². The molecule has 2 aromatic rings. The Labute approximate surface area is 118 Å². The van der Waals surface area contributed by atoms with Gasteiger partial charge in [0, 0.05) is 13.0 Å². The fourth-order valence-electron chi connectivity index (χ4n) is 1.62. The molecule has 0 aliphatic carbocycles. The first kappa shape index (κ1) is 13.8. The molecule has 0 radical (unpaired) electrons. The molecule has 0 spiro atoms. The summed E-state index contributed by atoms with van der Waals surface area (Å²) in [7, 11) is 0. The lowest BCUT2D eigenvalue weighted by Crippen LogP contribution is -2.26. The maximum atomic E-state index is 11.9. The molecule has 6 nitrogen and oxygen atoms in total. The van der Waals surface area contributed by atoms with E-state index >= 15 is 0 Å². The summed E-state index contributed by atoms with van der Waals surface area (Å²) in [6.07, 6.45) is 3.91. The van der Waals surface area contributed by atoms with Crippen LogP contribution >= 0.6 is 15.9 Å². The van der Waals surface area contributed by atoms with Gasteiger partial charge < -0.3 is 14.8 Å². The van der Waals surface area contributed by atoms with E-state index in [9.17, 15) is 4.79 Å². The molecule has 2 heterocycles. The third-order valence-corrected chi connectivity index (χ3v) is 3.33. The molecule has 0 bridgehead atoms. The molecule has 0 saturated heterocycles. The molecule has 0 aliphatic rings. The molecular weight excluding hydrogens is 314 g/mol. The topological polar surface area (TPSA) is 80.3 Å². The first-order chi connectivity index (χ1) is 9.22. The molecule has 19 heavy (non-hydrogen) atoms. The fraction of sp³-hybridized carbons (Fsp3) is 0.333. The average Bonchev–Trinajstić information content (AvgIpc) is 2.91. The third kappa shape index (κ3) is 3.45. The number of aliphatic hydroxyl groups is 1. The van der Waals surface area contributed by atoms with Gasteiger partial charge in [-0.3, -0.25) is 4.79 Å². The highest BCUT2D eigenvalue weighted by molar-refractivity contribution is 9.10. The van der Waals surface area contributed by atoms with E-state index in [1.807, 2.05) is 12.1 Å². The predicted octanol–water partition coefficient (Wildman–Crippen LogP) is 1.25. The molecule has 7 heteroatoms. The van der Waals surface area contributed by atoms with Crippen molar-refractivity contribution in [3.05, 3.63) is 45.2 Å². The van der Waals surface area contributed by atoms with E-state index < -0.39 is 0 Å². The average molecular weight is 328 g/mol. The zero-order chi connectivity index (χ0) is 13.7. The van der Waals surface area contributed by atoms with Gasteiger partial charge in [0.05, 0.1) is 31.3 Å². The van der Waals surface area contributed by atoms with E-state index in [1.54, 1.807) is 12.5 Å². The summed E-state index contributed by atoms with van der Waals surface area (Å²) >= 11 is 3.24. The van der Waals surface area contributed by atoms with Crippen LogP contribution in [0.5, 0.6) is 0 Å². The normalized spacial score (nSPS) is 10.6. The van der Waals surface area contributed by atoms with Crippen LogP contribution in [0.1, 0.15) is 5.76 Å². The minimum Gasteiger partial charge on any atom is -0.469 e. The highest BCUT2D eigenvalue weighted by Gasteiger charge is 2.08. The Morgan fingerprint density at radius 2 is 2.37 bits per heavy atom. The number of rotatable bonds is 6. The third-order valence-electron chi connectivity index (χ3n) is 2.56. The van der Waals surface area contributed by atoms with Crippen molar-refractivity contribution >= 4 is 21.6 Å². The van der Waals surface area contributed by atoms with Crippen molar-refractivity contribution in [1.29, 1.82) is 0 Å². The molecule has 0 amide bonds. The first-order valence-corrected chi connectivity index (χ1v) is 6.64. The van der Waals surface area contributed by atoms with Gasteiger partial charge in [0.25, 0.3) is 5.56 Å². The summed E-state index contributed by atoms with van der Waals surface area (Å²) < 4.78 is 6.84. The lowest BCUT2D eigenvalue weighted by molar-refractivity contribution is 0.266. The second kappa shape index (κ2) is 6.53. The summed E-state index contributed by atoms with van der Waals surface area (Å²) in [6.45, 7) is 0.700. The fourth-order valence-corrected chi connectivity index (χ4v) is 2.06. The molecule has 0 aliphatic heterocycles. The number of halogens is 1. The number of hydrogen-bond donors (Lipinski definition) is 2. The zero-order valence-electron chi connectivity index (χ0n) is 10.2. The molecule has 0 fully saturated rings. The number of nitrogens with zero attached hydrogens (tertiary/aromatic N) is 2. The Hall–Kier alpha value is -1.60. The van der Waals surface area contributed by atoms with E-state index in [4.69, 9.17) is 9.52 Å². The lowest BCUT2D eigenvalue weighted by atomic mass is 10.3. The van der Waals surface area contributed by atoms with Gasteiger partial charge in [0.1, 0.15) is 10.2 Å². The predicted molar refractivity (Wildman–Crippen MR) is 74.2 cm³/mol. The van der Waals surface area contributed by atoms with Gasteiger partial charge in [-0.1, -0.05) is 0 Å². The lowest BCUT2D eigenvalue weighted by Gasteiger charge is -2.09. The molecule has 0 aromatic carbocycles. The first-order valence-electron chi connectivity index (χ1n) is 5.85. The maximum Gasteiger partial charge on any atom is 0.283 e. The summed E-state index contributed by atoms with van der Waals surface area (Å²) in [4.78, 5) is 11.9. The van der Waals surface area contributed by atoms with Crippen molar-refractivity contribution < 1.29 is 9.52 Å². The van der Waals surface area contributed by atoms with Gasteiger partial charge in [-0.2, -0.15) is 5.10 Å². The second-order valence-electron chi connectivity index (χ2n) is 3.88. The quantitative estimate of drug-likeness (QED) is 0.834. The molecule has 2 rings (SSSR count). The van der Waals surface area contributed by atoms with Crippen LogP contribution in [0.4, 0.5) is 5.69 Å². The van der Waals surface area contributed by atoms with Crippen LogP contribution in [0.3, 0.4) is 0 Å². The van der Waals surface area contributed by atoms with E-state index in [0.717, 1.165) is 12.2 Å². The van der Waals surface area contributed by atoms with E-state index in [2.05, 4.69) is 26.3 Å². The van der Waals surface area contributed by atoms with Crippen LogP contribution in [0, 0.1) is 0 Å². The molecule has 102 valence electrons. The van der Waals surface area contributed by atoms with Gasteiger partial charge >= 0.3 is 0 Å². The van der Waals surface area contributed by atoms with Crippen LogP contribution in [-0.4, -0.2) is 28.0 Å². The van der Waals surface area contributed by atoms with Gasteiger partial charge in [0.15, 0.2) is 0 Å². The standard InChI is InChI=1S/C12H14BrN3O3/c13-11-10(8-15-16(5-6-17)12(11)18)14-4-3-9-2-1-7-19-9/h1-2,7-8,14,17H,3-6H2.